The van der Waals surface area contributed by atoms with E-state index in [1.165, 1.54) is 19.3 Å². The van der Waals surface area contributed by atoms with Crippen molar-refractivity contribution in [1.82, 2.24) is 10.2 Å². The van der Waals surface area contributed by atoms with E-state index in [1.807, 2.05) is 24.3 Å². The summed E-state index contributed by atoms with van der Waals surface area (Å²) < 4.78 is 1.06. The number of hydrogen-bond donors (Lipinski definition) is 1. The Balaban J connectivity index is 1.67. The minimum atomic E-state index is 0.288. The van der Waals surface area contributed by atoms with Crippen molar-refractivity contribution in [3.63, 3.8) is 0 Å². The molecule has 0 saturated carbocycles. The van der Waals surface area contributed by atoms with Crippen LogP contribution in [0.3, 0.4) is 0 Å². The van der Waals surface area contributed by atoms with E-state index in [9.17, 15) is 4.79 Å². The van der Waals surface area contributed by atoms with Gasteiger partial charge >= 0.3 is 0 Å². The summed E-state index contributed by atoms with van der Waals surface area (Å²) in [5.41, 5.74) is 1.10. The summed E-state index contributed by atoms with van der Waals surface area (Å²) in [5, 5.41) is 3.58. The summed E-state index contributed by atoms with van der Waals surface area (Å²) in [6.45, 7) is 2.04. The number of hydrogen-bond acceptors (Lipinski definition) is 2. The number of piperidine rings is 1. The fraction of sp³-hybridized carbons (Fsp3) is 0.588. The number of amides is 1. The molecule has 0 bridgehead atoms. The average molecular weight is 351 g/mol. The highest BCUT2D eigenvalue weighted by Gasteiger charge is 2.33. The van der Waals surface area contributed by atoms with E-state index in [4.69, 9.17) is 0 Å². The van der Waals surface area contributed by atoms with E-state index in [2.05, 4.69) is 26.1 Å². The molecule has 21 heavy (non-hydrogen) atoms. The van der Waals surface area contributed by atoms with Crippen LogP contribution < -0.4 is 5.32 Å². The number of benzene rings is 1. The number of carbonyl (C=O) groups excluding carboxylic acids is 1. The van der Waals surface area contributed by atoms with Crippen LogP contribution in [0.5, 0.6) is 0 Å². The molecule has 0 aromatic heterocycles. The third-order valence-corrected chi connectivity index (χ3v) is 5.23. The third-order valence-electron chi connectivity index (χ3n) is 4.70. The van der Waals surface area contributed by atoms with Gasteiger partial charge in [0.15, 0.2) is 0 Å². The maximum Gasteiger partial charge on any atom is 0.227 e. The Morgan fingerprint density at radius 3 is 2.71 bits per heavy atom. The normalized spacial score (nSPS) is 26.0. The van der Waals surface area contributed by atoms with Gasteiger partial charge in [-0.3, -0.25) is 4.79 Å². The molecule has 2 aliphatic heterocycles. The Morgan fingerprint density at radius 2 is 2.00 bits per heavy atom. The van der Waals surface area contributed by atoms with E-state index in [0.717, 1.165) is 36.0 Å². The van der Waals surface area contributed by atoms with Crippen LogP contribution in [0.15, 0.2) is 28.7 Å². The third kappa shape index (κ3) is 3.67. The van der Waals surface area contributed by atoms with Crippen LogP contribution in [0.4, 0.5) is 0 Å². The van der Waals surface area contributed by atoms with Crippen LogP contribution in [0, 0.1) is 0 Å². The van der Waals surface area contributed by atoms with Crippen LogP contribution in [-0.4, -0.2) is 36.0 Å². The first-order chi connectivity index (χ1) is 10.2. The SMILES string of the molecule is O=C(Cc1ccc(Br)cc1)N1CCCCC1C1CCCN1. The van der Waals surface area contributed by atoms with Gasteiger partial charge in [0.25, 0.3) is 0 Å². The van der Waals surface area contributed by atoms with Gasteiger partial charge in [-0.15, -0.1) is 0 Å². The van der Waals surface area contributed by atoms with Gasteiger partial charge in [-0.25, -0.2) is 0 Å². The Kier molecular flexibility index (Phi) is 4.96. The lowest BCUT2D eigenvalue weighted by Crippen LogP contribution is -2.53. The number of nitrogens with one attached hydrogen (secondary N) is 1. The smallest absolute Gasteiger partial charge is 0.227 e. The highest BCUT2D eigenvalue weighted by Crippen LogP contribution is 2.25. The molecular weight excluding hydrogens is 328 g/mol. The van der Waals surface area contributed by atoms with Gasteiger partial charge < -0.3 is 10.2 Å². The Hall–Kier alpha value is -0.870. The van der Waals surface area contributed by atoms with Crippen molar-refractivity contribution in [2.24, 2.45) is 0 Å². The quantitative estimate of drug-likeness (QED) is 0.908. The topological polar surface area (TPSA) is 32.3 Å². The van der Waals surface area contributed by atoms with E-state index in [0.29, 0.717) is 18.5 Å². The molecule has 4 heteroatoms. The van der Waals surface area contributed by atoms with Gasteiger partial charge in [-0.05, 0) is 56.3 Å². The van der Waals surface area contributed by atoms with Gasteiger partial charge in [0.1, 0.15) is 0 Å². The van der Waals surface area contributed by atoms with Crippen molar-refractivity contribution in [1.29, 1.82) is 0 Å². The molecule has 2 unspecified atom stereocenters. The average Bonchev–Trinajstić information content (AvgIpc) is 3.04. The Labute approximate surface area is 135 Å². The summed E-state index contributed by atoms with van der Waals surface area (Å²) in [5.74, 6) is 0.288. The molecule has 3 nitrogen and oxygen atoms in total. The standard InChI is InChI=1S/C17H23BrN2O/c18-14-8-6-13(7-9-14)12-17(21)20-11-2-1-5-16(20)15-4-3-10-19-15/h6-9,15-16,19H,1-5,10-12H2. The molecule has 2 heterocycles. The zero-order valence-corrected chi connectivity index (χ0v) is 13.9. The molecule has 0 spiro atoms. The van der Waals surface area contributed by atoms with Gasteiger partial charge in [-0.2, -0.15) is 0 Å². The first kappa shape index (κ1) is 15.0. The lowest BCUT2D eigenvalue weighted by Gasteiger charge is -2.39. The molecule has 1 aromatic carbocycles. The number of carbonyl (C=O) groups is 1. The van der Waals surface area contributed by atoms with Crippen molar-refractivity contribution in [2.45, 2.75) is 50.6 Å². The highest BCUT2D eigenvalue weighted by molar-refractivity contribution is 9.10. The molecule has 1 amide bonds. The number of halogens is 1. The Morgan fingerprint density at radius 1 is 1.19 bits per heavy atom. The predicted molar refractivity (Wildman–Crippen MR) is 88.2 cm³/mol. The highest BCUT2D eigenvalue weighted by atomic mass is 79.9. The largest absolute Gasteiger partial charge is 0.338 e. The van der Waals surface area contributed by atoms with Crippen LogP contribution >= 0.6 is 15.9 Å². The van der Waals surface area contributed by atoms with E-state index in [1.54, 1.807) is 0 Å². The number of rotatable bonds is 3. The van der Waals surface area contributed by atoms with E-state index in [-0.39, 0.29) is 5.91 Å². The van der Waals surface area contributed by atoms with Crippen molar-refractivity contribution >= 4 is 21.8 Å². The van der Waals surface area contributed by atoms with Crippen molar-refractivity contribution in [3.8, 4) is 0 Å². The summed E-state index contributed by atoms with van der Waals surface area (Å²) in [7, 11) is 0. The molecule has 0 radical (unpaired) electrons. The second kappa shape index (κ2) is 6.93. The fourth-order valence-corrected chi connectivity index (χ4v) is 3.87. The lowest BCUT2D eigenvalue weighted by molar-refractivity contribution is -0.134. The van der Waals surface area contributed by atoms with Gasteiger partial charge in [0.05, 0.1) is 6.42 Å². The van der Waals surface area contributed by atoms with Crippen molar-refractivity contribution in [2.75, 3.05) is 13.1 Å². The summed E-state index contributed by atoms with van der Waals surface area (Å²) in [6.07, 6.45) is 6.54. The molecule has 0 aliphatic carbocycles. The molecule has 3 rings (SSSR count). The van der Waals surface area contributed by atoms with Gasteiger partial charge in [0, 0.05) is 23.1 Å². The van der Waals surface area contributed by atoms with E-state index < -0.39 is 0 Å². The lowest BCUT2D eigenvalue weighted by atomic mass is 9.94. The summed E-state index contributed by atoms with van der Waals surface area (Å²) >= 11 is 3.44. The predicted octanol–water partition coefficient (Wildman–Crippen LogP) is 3.12. The van der Waals surface area contributed by atoms with Crippen molar-refractivity contribution in [3.05, 3.63) is 34.3 Å². The van der Waals surface area contributed by atoms with Crippen LogP contribution in [0.25, 0.3) is 0 Å². The van der Waals surface area contributed by atoms with Crippen molar-refractivity contribution < 1.29 is 4.79 Å². The minimum Gasteiger partial charge on any atom is -0.338 e. The summed E-state index contributed by atoms with van der Waals surface area (Å²) in [4.78, 5) is 14.9. The first-order valence-corrected chi connectivity index (χ1v) is 8.80. The fourth-order valence-electron chi connectivity index (χ4n) is 3.60. The zero-order valence-electron chi connectivity index (χ0n) is 12.4. The van der Waals surface area contributed by atoms with Gasteiger partial charge in [-0.1, -0.05) is 28.1 Å². The maximum atomic E-state index is 12.7. The molecule has 2 atom stereocenters. The first-order valence-electron chi connectivity index (χ1n) is 8.01. The minimum absolute atomic E-state index is 0.288. The molecule has 2 aliphatic rings. The molecule has 1 N–H and O–H groups in total. The molecule has 1 aromatic rings. The molecule has 114 valence electrons. The summed E-state index contributed by atoms with van der Waals surface area (Å²) in [6, 6.07) is 9.01. The zero-order chi connectivity index (χ0) is 14.7. The number of likely N-dealkylation sites (tertiary alicyclic amines) is 1. The second-order valence-electron chi connectivity index (χ2n) is 6.16. The molecule has 2 fully saturated rings. The molecular formula is C17H23BrN2O. The second-order valence-corrected chi connectivity index (χ2v) is 7.07. The maximum absolute atomic E-state index is 12.7. The van der Waals surface area contributed by atoms with Crippen LogP contribution in [0.1, 0.15) is 37.7 Å². The monoisotopic (exact) mass is 350 g/mol. The van der Waals surface area contributed by atoms with Crippen LogP contribution in [-0.2, 0) is 11.2 Å². The van der Waals surface area contributed by atoms with Gasteiger partial charge in [0.2, 0.25) is 5.91 Å². The Bertz CT molecular complexity index is 482. The number of nitrogens with zero attached hydrogens (tertiary/aromatic N) is 1. The van der Waals surface area contributed by atoms with Crippen LogP contribution in [0.2, 0.25) is 0 Å². The molecule has 2 saturated heterocycles. The van der Waals surface area contributed by atoms with E-state index >= 15 is 0 Å².